The van der Waals surface area contributed by atoms with Crippen molar-refractivity contribution in [2.45, 2.75) is 46.4 Å². The second-order valence-corrected chi connectivity index (χ2v) is 5.48. The molecule has 0 atom stereocenters. The Morgan fingerprint density at radius 2 is 1.76 bits per heavy atom. The fourth-order valence-electron chi connectivity index (χ4n) is 1.95. The third-order valence-corrected chi connectivity index (χ3v) is 3.33. The number of nitrogens with one attached hydrogen (secondary N) is 1. The summed E-state index contributed by atoms with van der Waals surface area (Å²) in [6, 6.07) is 13.0. The second-order valence-electron chi connectivity index (χ2n) is 5.48. The Balaban J connectivity index is 1.85. The Hall–Kier alpha value is -1.87. The van der Waals surface area contributed by atoms with Gasteiger partial charge in [0.05, 0.1) is 11.9 Å². The van der Waals surface area contributed by atoms with Crippen LogP contribution in [0.1, 0.15) is 37.6 Å². The summed E-state index contributed by atoms with van der Waals surface area (Å²) in [5.74, 6) is 0.808. The number of ether oxygens (including phenoxy) is 1. The highest BCUT2D eigenvalue weighted by Crippen LogP contribution is 2.13. The maximum Gasteiger partial charge on any atom is 0.138 e. The standard InChI is InChI=1S/C18H24N2O/c1-4-15-5-7-16(8-6-15)13-21-18-10-9-17(20-12-18)11-19-14(2)3/h5-10,12,14,19H,4,11,13H2,1-3H3. The number of aromatic nitrogens is 1. The predicted molar refractivity (Wildman–Crippen MR) is 86.4 cm³/mol. The molecule has 3 nitrogen and oxygen atoms in total. The van der Waals surface area contributed by atoms with Crippen molar-refractivity contribution >= 4 is 0 Å². The number of hydrogen-bond acceptors (Lipinski definition) is 3. The zero-order valence-electron chi connectivity index (χ0n) is 13.1. The van der Waals surface area contributed by atoms with Gasteiger partial charge < -0.3 is 10.1 Å². The van der Waals surface area contributed by atoms with E-state index in [1.165, 1.54) is 11.1 Å². The molecule has 0 fully saturated rings. The van der Waals surface area contributed by atoms with Gasteiger partial charge in [-0.2, -0.15) is 0 Å². The fourth-order valence-corrected chi connectivity index (χ4v) is 1.95. The third-order valence-electron chi connectivity index (χ3n) is 3.33. The molecule has 1 heterocycles. The minimum atomic E-state index is 0.466. The Kier molecular flexibility index (Phi) is 5.76. The van der Waals surface area contributed by atoms with E-state index in [1.54, 1.807) is 6.20 Å². The van der Waals surface area contributed by atoms with Crippen LogP contribution in [0.4, 0.5) is 0 Å². The Morgan fingerprint density at radius 3 is 2.33 bits per heavy atom. The van der Waals surface area contributed by atoms with Gasteiger partial charge in [-0.05, 0) is 29.7 Å². The molecule has 1 aromatic carbocycles. The smallest absolute Gasteiger partial charge is 0.138 e. The molecule has 0 saturated heterocycles. The van der Waals surface area contributed by atoms with Crippen LogP contribution in [0.3, 0.4) is 0 Å². The molecule has 21 heavy (non-hydrogen) atoms. The summed E-state index contributed by atoms with van der Waals surface area (Å²) in [6.07, 6.45) is 2.86. The molecule has 0 spiro atoms. The summed E-state index contributed by atoms with van der Waals surface area (Å²) >= 11 is 0. The van der Waals surface area contributed by atoms with Gasteiger partial charge in [-0.25, -0.2) is 0 Å². The topological polar surface area (TPSA) is 34.1 Å². The highest BCUT2D eigenvalue weighted by atomic mass is 16.5. The minimum Gasteiger partial charge on any atom is -0.487 e. The van der Waals surface area contributed by atoms with E-state index >= 15 is 0 Å². The van der Waals surface area contributed by atoms with Gasteiger partial charge >= 0.3 is 0 Å². The van der Waals surface area contributed by atoms with E-state index < -0.39 is 0 Å². The lowest BCUT2D eigenvalue weighted by atomic mass is 10.1. The van der Waals surface area contributed by atoms with Gasteiger partial charge in [0, 0.05) is 12.6 Å². The Labute approximate surface area is 127 Å². The zero-order valence-corrected chi connectivity index (χ0v) is 13.1. The van der Waals surface area contributed by atoms with Crippen molar-refractivity contribution in [2.75, 3.05) is 0 Å². The van der Waals surface area contributed by atoms with Crippen LogP contribution in [0.15, 0.2) is 42.6 Å². The van der Waals surface area contributed by atoms with Crippen LogP contribution in [0.25, 0.3) is 0 Å². The van der Waals surface area contributed by atoms with Crippen LogP contribution < -0.4 is 10.1 Å². The van der Waals surface area contributed by atoms with Crippen LogP contribution >= 0.6 is 0 Å². The van der Waals surface area contributed by atoms with Gasteiger partial charge in [0.2, 0.25) is 0 Å². The van der Waals surface area contributed by atoms with Crippen LogP contribution in [0.5, 0.6) is 5.75 Å². The molecule has 0 radical (unpaired) electrons. The maximum atomic E-state index is 5.76. The van der Waals surface area contributed by atoms with E-state index in [4.69, 9.17) is 4.74 Å². The fraction of sp³-hybridized carbons (Fsp3) is 0.389. The quantitative estimate of drug-likeness (QED) is 0.841. The molecule has 0 bridgehead atoms. The number of rotatable bonds is 7. The van der Waals surface area contributed by atoms with Gasteiger partial charge in [0.25, 0.3) is 0 Å². The Morgan fingerprint density at radius 1 is 1.05 bits per heavy atom. The van der Waals surface area contributed by atoms with Crippen molar-refractivity contribution in [1.82, 2.24) is 10.3 Å². The van der Waals surface area contributed by atoms with Gasteiger partial charge in [-0.3, -0.25) is 4.98 Å². The average Bonchev–Trinajstić information content (AvgIpc) is 2.52. The molecule has 0 unspecified atom stereocenters. The summed E-state index contributed by atoms with van der Waals surface area (Å²) < 4.78 is 5.76. The zero-order chi connectivity index (χ0) is 15.1. The van der Waals surface area contributed by atoms with Crippen molar-refractivity contribution in [1.29, 1.82) is 0 Å². The largest absolute Gasteiger partial charge is 0.487 e. The van der Waals surface area contributed by atoms with Gasteiger partial charge in [0.1, 0.15) is 12.4 Å². The summed E-state index contributed by atoms with van der Waals surface area (Å²) in [4.78, 5) is 4.40. The second kappa shape index (κ2) is 7.79. The van der Waals surface area contributed by atoms with Gasteiger partial charge in [-0.15, -0.1) is 0 Å². The Bertz CT molecular complexity index is 532. The lowest BCUT2D eigenvalue weighted by molar-refractivity contribution is 0.304. The molecule has 112 valence electrons. The SMILES string of the molecule is CCc1ccc(COc2ccc(CNC(C)C)nc2)cc1. The molecule has 0 amide bonds. The highest BCUT2D eigenvalue weighted by Gasteiger charge is 2.00. The molecule has 3 heteroatoms. The first-order valence-electron chi connectivity index (χ1n) is 7.56. The molecule has 2 aromatic rings. The van der Waals surface area contributed by atoms with E-state index in [2.05, 4.69) is 55.3 Å². The van der Waals surface area contributed by atoms with Crippen LogP contribution in [-0.4, -0.2) is 11.0 Å². The van der Waals surface area contributed by atoms with Crippen molar-refractivity contribution in [3.63, 3.8) is 0 Å². The van der Waals surface area contributed by atoms with Gasteiger partial charge in [-0.1, -0.05) is 45.0 Å². The number of aryl methyl sites for hydroxylation is 1. The molecule has 1 N–H and O–H groups in total. The lowest BCUT2D eigenvalue weighted by Gasteiger charge is -2.09. The normalized spacial score (nSPS) is 10.9. The molecule has 0 saturated carbocycles. The van der Waals surface area contributed by atoms with Crippen LogP contribution in [-0.2, 0) is 19.6 Å². The molecule has 1 aromatic heterocycles. The minimum absolute atomic E-state index is 0.466. The molecular weight excluding hydrogens is 260 g/mol. The number of nitrogens with zero attached hydrogens (tertiary/aromatic N) is 1. The first kappa shape index (κ1) is 15.5. The lowest BCUT2D eigenvalue weighted by Crippen LogP contribution is -2.22. The molecule has 2 rings (SSSR count). The molecule has 0 aliphatic rings. The molecule has 0 aliphatic carbocycles. The monoisotopic (exact) mass is 284 g/mol. The van der Waals surface area contributed by atoms with E-state index in [0.717, 1.165) is 24.4 Å². The summed E-state index contributed by atoms with van der Waals surface area (Å²) in [6.45, 7) is 7.78. The summed E-state index contributed by atoms with van der Waals surface area (Å²) in [5.41, 5.74) is 3.56. The molecular formula is C18H24N2O. The predicted octanol–water partition coefficient (Wildman–Crippen LogP) is 3.72. The third kappa shape index (κ3) is 5.20. The summed E-state index contributed by atoms with van der Waals surface area (Å²) in [7, 11) is 0. The highest BCUT2D eigenvalue weighted by molar-refractivity contribution is 5.24. The average molecular weight is 284 g/mol. The van der Waals surface area contributed by atoms with Gasteiger partial charge in [0.15, 0.2) is 0 Å². The van der Waals surface area contributed by atoms with Crippen molar-refractivity contribution in [3.05, 3.63) is 59.4 Å². The van der Waals surface area contributed by atoms with Crippen molar-refractivity contribution in [3.8, 4) is 5.75 Å². The number of pyridine rings is 1. The van der Waals surface area contributed by atoms with Crippen LogP contribution in [0.2, 0.25) is 0 Å². The van der Waals surface area contributed by atoms with Crippen molar-refractivity contribution < 1.29 is 4.74 Å². The summed E-state index contributed by atoms with van der Waals surface area (Å²) in [5, 5.41) is 3.35. The molecule has 0 aliphatic heterocycles. The maximum absolute atomic E-state index is 5.76. The van der Waals surface area contributed by atoms with E-state index in [0.29, 0.717) is 12.6 Å². The first-order valence-corrected chi connectivity index (χ1v) is 7.56. The van der Waals surface area contributed by atoms with E-state index in [9.17, 15) is 0 Å². The van der Waals surface area contributed by atoms with Crippen LogP contribution in [0, 0.1) is 0 Å². The van der Waals surface area contributed by atoms with E-state index in [1.807, 2.05) is 12.1 Å². The first-order chi connectivity index (χ1) is 10.2. The number of benzene rings is 1. The number of hydrogen-bond donors (Lipinski definition) is 1. The van der Waals surface area contributed by atoms with Crippen molar-refractivity contribution in [2.24, 2.45) is 0 Å². The van der Waals surface area contributed by atoms with E-state index in [-0.39, 0.29) is 0 Å².